The van der Waals surface area contributed by atoms with Crippen molar-refractivity contribution in [2.45, 2.75) is 0 Å². The van der Waals surface area contributed by atoms with Gasteiger partial charge in [-0.05, 0) is 12.1 Å². The van der Waals surface area contributed by atoms with Crippen molar-refractivity contribution in [2.75, 3.05) is 21.3 Å². The number of carbonyl (C=O) groups excluding carboxylic acids is 2. The van der Waals surface area contributed by atoms with Gasteiger partial charge in [0.25, 0.3) is 0 Å². The van der Waals surface area contributed by atoms with Crippen LogP contribution in [0.4, 0.5) is 0 Å². The molecule has 0 bridgehead atoms. The quantitative estimate of drug-likeness (QED) is 0.813. The number of benzene rings is 1. The van der Waals surface area contributed by atoms with Crippen LogP contribution in [-0.2, 0) is 4.74 Å². The van der Waals surface area contributed by atoms with Gasteiger partial charge in [-0.25, -0.2) is 0 Å². The van der Waals surface area contributed by atoms with Crippen molar-refractivity contribution >= 4 is 11.6 Å². The van der Waals surface area contributed by atoms with Crippen molar-refractivity contribution in [3.05, 3.63) is 35.1 Å². The van der Waals surface area contributed by atoms with Gasteiger partial charge in [0.2, 0.25) is 5.78 Å². The molecule has 1 aliphatic rings. The van der Waals surface area contributed by atoms with Crippen molar-refractivity contribution in [1.29, 1.82) is 0 Å². The van der Waals surface area contributed by atoms with Gasteiger partial charge < -0.3 is 14.2 Å². The van der Waals surface area contributed by atoms with E-state index in [1.54, 1.807) is 0 Å². The first-order chi connectivity index (χ1) is 8.62. The molecule has 0 atom stereocenters. The van der Waals surface area contributed by atoms with Crippen molar-refractivity contribution in [3.63, 3.8) is 0 Å². The highest BCUT2D eigenvalue weighted by Gasteiger charge is 2.28. The molecular formula is C13H12O5. The lowest BCUT2D eigenvalue weighted by Crippen LogP contribution is -2.18. The molecule has 0 aromatic heterocycles. The second-order valence-electron chi connectivity index (χ2n) is 3.66. The standard InChI is InChI=1S/C13H12O5/c1-16-10-4-7-8(5-11(10)17-2)13(15)12(18-3)6-9(7)14/h4-6H,1-3H3. The number of ketones is 2. The van der Waals surface area contributed by atoms with Crippen LogP contribution in [0.15, 0.2) is 24.0 Å². The summed E-state index contributed by atoms with van der Waals surface area (Å²) in [6.07, 6.45) is 1.18. The highest BCUT2D eigenvalue weighted by molar-refractivity contribution is 6.24. The second kappa shape index (κ2) is 4.52. The van der Waals surface area contributed by atoms with Gasteiger partial charge in [-0.1, -0.05) is 0 Å². The van der Waals surface area contributed by atoms with Crippen LogP contribution >= 0.6 is 0 Å². The molecule has 18 heavy (non-hydrogen) atoms. The summed E-state index contributed by atoms with van der Waals surface area (Å²) in [5.74, 6) is 0.205. The number of rotatable bonds is 3. The molecule has 94 valence electrons. The van der Waals surface area contributed by atoms with E-state index in [1.165, 1.54) is 39.5 Å². The van der Waals surface area contributed by atoms with E-state index in [-0.39, 0.29) is 22.9 Å². The van der Waals surface area contributed by atoms with Gasteiger partial charge in [-0.2, -0.15) is 0 Å². The molecule has 0 N–H and O–H groups in total. The predicted octanol–water partition coefficient (Wildman–Crippen LogP) is 1.61. The lowest BCUT2D eigenvalue weighted by atomic mass is 9.93. The van der Waals surface area contributed by atoms with Crippen LogP contribution in [0.2, 0.25) is 0 Å². The number of fused-ring (bicyclic) bond motifs is 1. The zero-order valence-electron chi connectivity index (χ0n) is 10.3. The van der Waals surface area contributed by atoms with Crippen LogP contribution in [0.1, 0.15) is 20.7 Å². The van der Waals surface area contributed by atoms with Crippen LogP contribution < -0.4 is 9.47 Å². The summed E-state index contributed by atoms with van der Waals surface area (Å²) >= 11 is 0. The zero-order valence-corrected chi connectivity index (χ0v) is 10.3. The number of carbonyl (C=O) groups is 2. The lowest BCUT2D eigenvalue weighted by molar-refractivity contribution is 0.0916. The molecule has 0 amide bonds. The van der Waals surface area contributed by atoms with E-state index < -0.39 is 0 Å². The molecule has 1 aromatic rings. The van der Waals surface area contributed by atoms with Crippen LogP contribution in [0, 0.1) is 0 Å². The molecule has 2 rings (SSSR count). The summed E-state index contributed by atoms with van der Waals surface area (Å²) in [6.45, 7) is 0. The fraction of sp³-hybridized carbons (Fsp3) is 0.231. The summed E-state index contributed by atoms with van der Waals surface area (Å²) in [5, 5.41) is 0. The summed E-state index contributed by atoms with van der Waals surface area (Å²) in [7, 11) is 4.28. The van der Waals surface area contributed by atoms with Crippen molar-refractivity contribution in [3.8, 4) is 11.5 Å². The van der Waals surface area contributed by atoms with E-state index in [2.05, 4.69) is 0 Å². The van der Waals surface area contributed by atoms with Crippen LogP contribution in [0.5, 0.6) is 11.5 Å². The molecular weight excluding hydrogens is 236 g/mol. The highest BCUT2D eigenvalue weighted by atomic mass is 16.5. The normalized spacial score (nSPS) is 13.8. The Morgan fingerprint density at radius 1 is 0.833 bits per heavy atom. The topological polar surface area (TPSA) is 61.8 Å². The van der Waals surface area contributed by atoms with Gasteiger partial charge in [-0.15, -0.1) is 0 Å². The van der Waals surface area contributed by atoms with E-state index in [9.17, 15) is 9.59 Å². The van der Waals surface area contributed by atoms with Gasteiger partial charge in [0.05, 0.1) is 21.3 Å². The Kier molecular flexibility index (Phi) is 3.06. The van der Waals surface area contributed by atoms with Crippen molar-refractivity contribution < 1.29 is 23.8 Å². The Morgan fingerprint density at radius 2 is 1.39 bits per heavy atom. The molecule has 0 fully saturated rings. The minimum absolute atomic E-state index is 0.0275. The van der Waals surface area contributed by atoms with Crippen molar-refractivity contribution in [2.24, 2.45) is 0 Å². The fourth-order valence-electron chi connectivity index (χ4n) is 1.82. The first kappa shape index (κ1) is 12.2. The van der Waals surface area contributed by atoms with Crippen LogP contribution in [-0.4, -0.2) is 32.9 Å². The van der Waals surface area contributed by atoms with Gasteiger partial charge in [0.15, 0.2) is 23.0 Å². The van der Waals surface area contributed by atoms with E-state index >= 15 is 0 Å². The smallest absolute Gasteiger partial charge is 0.228 e. The largest absolute Gasteiger partial charge is 0.493 e. The molecule has 0 saturated carbocycles. The summed E-state index contributed by atoms with van der Waals surface area (Å²) < 4.78 is 15.1. The molecule has 0 aliphatic heterocycles. The maximum Gasteiger partial charge on any atom is 0.228 e. The first-order valence-electron chi connectivity index (χ1n) is 5.23. The minimum Gasteiger partial charge on any atom is -0.493 e. The average molecular weight is 248 g/mol. The number of methoxy groups -OCH3 is 3. The van der Waals surface area contributed by atoms with Crippen LogP contribution in [0.3, 0.4) is 0 Å². The predicted molar refractivity (Wildman–Crippen MR) is 63.3 cm³/mol. The number of hydrogen-bond acceptors (Lipinski definition) is 5. The van der Waals surface area contributed by atoms with Gasteiger partial charge >= 0.3 is 0 Å². The van der Waals surface area contributed by atoms with E-state index in [1.807, 2.05) is 0 Å². The van der Waals surface area contributed by atoms with E-state index in [4.69, 9.17) is 14.2 Å². The highest BCUT2D eigenvalue weighted by Crippen LogP contribution is 2.33. The first-order valence-corrected chi connectivity index (χ1v) is 5.23. The Bertz CT molecular complexity index is 557. The number of allylic oxidation sites excluding steroid dienone is 2. The maximum absolute atomic E-state index is 12.0. The second-order valence-corrected chi connectivity index (χ2v) is 3.66. The van der Waals surface area contributed by atoms with E-state index in [0.29, 0.717) is 17.1 Å². The third-order valence-corrected chi connectivity index (χ3v) is 2.74. The van der Waals surface area contributed by atoms with E-state index in [0.717, 1.165) is 0 Å². The van der Waals surface area contributed by atoms with Crippen molar-refractivity contribution in [1.82, 2.24) is 0 Å². The van der Waals surface area contributed by atoms with Gasteiger partial charge in [0, 0.05) is 17.2 Å². The Balaban J connectivity index is 2.63. The molecule has 0 spiro atoms. The summed E-state index contributed by atoms with van der Waals surface area (Å²) in [6, 6.07) is 2.98. The number of ether oxygens (including phenoxy) is 3. The third-order valence-electron chi connectivity index (χ3n) is 2.74. The fourth-order valence-corrected chi connectivity index (χ4v) is 1.82. The van der Waals surface area contributed by atoms with Gasteiger partial charge in [0.1, 0.15) is 0 Å². The molecule has 5 nitrogen and oxygen atoms in total. The van der Waals surface area contributed by atoms with Gasteiger partial charge in [-0.3, -0.25) is 9.59 Å². The molecule has 0 heterocycles. The Morgan fingerprint density at radius 3 is 1.89 bits per heavy atom. The minimum atomic E-state index is -0.340. The molecule has 1 aliphatic carbocycles. The summed E-state index contributed by atoms with van der Waals surface area (Å²) in [5.41, 5.74) is 0.551. The SMILES string of the molecule is COC1=CC(=O)c2cc(OC)c(OC)cc2C1=O. The molecule has 5 heteroatoms. The third kappa shape index (κ3) is 1.73. The average Bonchev–Trinajstić information content (AvgIpc) is 2.41. The Labute approximate surface area is 104 Å². The maximum atomic E-state index is 12.0. The monoisotopic (exact) mass is 248 g/mol. The molecule has 0 saturated heterocycles. The number of Topliss-reactive ketones (excluding diaryl/α,β-unsaturated/α-hetero) is 1. The molecule has 0 unspecified atom stereocenters. The lowest BCUT2D eigenvalue weighted by Gasteiger charge is -2.16. The molecule has 0 radical (unpaired) electrons. The van der Waals surface area contributed by atoms with Crippen LogP contribution in [0.25, 0.3) is 0 Å². The number of hydrogen-bond donors (Lipinski definition) is 0. The zero-order chi connectivity index (χ0) is 13.3. The molecule has 1 aromatic carbocycles. The summed E-state index contributed by atoms with van der Waals surface area (Å²) in [4.78, 5) is 23.9. The Hall–Kier alpha value is -2.30.